The SMILES string of the molecule is Cc1csc(NC=O)c1C. The monoisotopic (exact) mass is 155 g/mol. The average Bonchev–Trinajstić information content (AvgIpc) is 2.20. The molecule has 1 aromatic heterocycles. The van der Waals surface area contributed by atoms with Crippen LogP contribution in [0.25, 0.3) is 0 Å². The van der Waals surface area contributed by atoms with Gasteiger partial charge in [-0.15, -0.1) is 11.3 Å². The Morgan fingerprint density at radius 2 is 2.30 bits per heavy atom. The summed E-state index contributed by atoms with van der Waals surface area (Å²) < 4.78 is 0. The molecule has 1 rings (SSSR count). The first-order valence-corrected chi connectivity index (χ1v) is 3.88. The Kier molecular flexibility index (Phi) is 2.06. The Morgan fingerprint density at radius 1 is 1.60 bits per heavy atom. The van der Waals surface area contributed by atoms with Crippen molar-refractivity contribution in [2.75, 3.05) is 5.32 Å². The Bertz CT molecular complexity index is 242. The van der Waals surface area contributed by atoms with Gasteiger partial charge >= 0.3 is 0 Å². The van der Waals surface area contributed by atoms with Crippen molar-refractivity contribution < 1.29 is 4.79 Å². The molecule has 0 aliphatic rings. The summed E-state index contributed by atoms with van der Waals surface area (Å²) in [4.78, 5) is 10.0. The zero-order chi connectivity index (χ0) is 7.56. The van der Waals surface area contributed by atoms with Crippen molar-refractivity contribution in [3.63, 3.8) is 0 Å². The zero-order valence-electron chi connectivity index (χ0n) is 5.97. The highest BCUT2D eigenvalue weighted by Crippen LogP contribution is 2.25. The summed E-state index contributed by atoms with van der Waals surface area (Å²) in [7, 11) is 0. The van der Waals surface area contributed by atoms with Crippen LogP contribution in [0.5, 0.6) is 0 Å². The van der Waals surface area contributed by atoms with Crippen molar-refractivity contribution in [2.45, 2.75) is 13.8 Å². The largest absolute Gasteiger partial charge is 0.320 e. The molecule has 1 heterocycles. The maximum atomic E-state index is 10.0. The minimum Gasteiger partial charge on any atom is -0.320 e. The zero-order valence-corrected chi connectivity index (χ0v) is 6.79. The molecular formula is C7H9NOS. The van der Waals surface area contributed by atoms with Crippen LogP contribution in [-0.2, 0) is 4.79 Å². The molecule has 0 aliphatic heterocycles. The third kappa shape index (κ3) is 1.19. The van der Waals surface area contributed by atoms with Crippen molar-refractivity contribution >= 4 is 22.7 Å². The van der Waals surface area contributed by atoms with Crippen LogP contribution in [0.3, 0.4) is 0 Å². The molecular weight excluding hydrogens is 146 g/mol. The molecule has 10 heavy (non-hydrogen) atoms. The second kappa shape index (κ2) is 2.84. The highest BCUT2D eigenvalue weighted by atomic mass is 32.1. The van der Waals surface area contributed by atoms with Gasteiger partial charge in [-0.05, 0) is 30.4 Å². The van der Waals surface area contributed by atoms with E-state index in [9.17, 15) is 4.79 Å². The molecule has 0 radical (unpaired) electrons. The van der Waals surface area contributed by atoms with Crippen molar-refractivity contribution in [1.29, 1.82) is 0 Å². The Labute approximate surface area is 63.9 Å². The van der Waals surface area contributed by atoms with Gasteiger partial charge in [-0.1, -0.05) is 0 Å². The quantitative estimate of drug-likeness (QED) is 0.650. The molecule has 0 aromatic carbocycles. The topological polar surface area (TPSA) is 29.1 Å². The van der Waals surface area contributed by atoms with Gasteiger partial charge in [0.25, 0.3) is 0 Å². The van der Waals surface area contributed by atoms with Gasteiger partial charge in [0, 0.05) is 0 Å². The number of amides is 1. The van der Waals surface area contributed by atoms with E-state index in [-0.39, 0.29) is 0 Å². The van der Waals surface area contributed by atoms with Crippen molar-refractivity contribution in [3.05, 3.63) is 16.5 Å². The lowest BCUT2D eigenvalue weighted by Crippen LogP contribution is -1.91. The first kappa shape index (κ1) is 7.28. The molecule has 0 saturated heterocycles. The number of rotatable bonds is 2. The van der Waals surface area contributed by atoms with Crippen LogP contribution in [0, 0.1) is 13.8 Å². The summed E-state index contributed by atoms with van der Waals surface area (Å²) >= 11 is 1.56. The summed E-state index contributed by atoms with van der Waals surface area (Å²) in [6.07, 6.45) is 0.707. The highest BCUT2D eigenvalue weighted by Gasteiger charge is 2.00. The summed E-state index contributed by atoms with van der Waals surface area (Å²) in [5.74, 6) is 0. The molecule has 0 unspecified atom stereocenters. The lowest BCUT2D eigenvalue weighted by atomic mass is 10.2. The molecule has 0 bridgehead atoms. The Balaban J connectivity index is 2.93. The molecule has 0 saturated carbocycles. The molecule has 0 spiro atoms. The third-order valence-electron chi connectivity index (χ3n) is 1.48. The number of anilines is 1. The molecule has 0 atom stereocenters. The van der Waals surface area contributed by atoms with Gasteiger partial charge < -0.3 is 5.32 Å². The third-order valence-corrected chi connectivity index (χ3v) is 2.61. The molecule has 0 aliphatic carbocycles. The first-order chi connectivity index (χ1) is 4.75. The van der Waals surface area contributed by atoms with E-state index in [1.807, 2.05) is 19.2 Å². The number of aryl methyl sites for hydroxylation is 1. The lowest BCUT2D eigenvalue weighted by Gasteiger charge is -1.94. The number of nitrogens with one attached hydrogen (secondary N) is 1. The molecule has 2 nitrogen and oxygen atoms in total. The number of carbonyl (C=O) groups excluding carboxylic acids is 1. The van der Waals surface area contributed by atoms with Crippen LogP contribution in [-0.4, -0.2) is 6.41 Å². The van der Waals surface area contributed by atoms with Crippen LogP contribution in [0.4, 0.5) is 5.00 Å². The molecule has 3 heteroatoms. The smallest absolute Gasteiger partial charge is 0.212 e. The van der Waals surface area contributed by atoms with E-state index in [0.29, 0.717) is 6.41 Å². The van der Waals surface area contributed by atoms with Gasteiger partial charge in [0.1, 0.15) is 0 Å². The fraction of sp³-hybridized carbons (Fsp3) is 0.286. The molecule has 1 aromatic rings. The van der Waals surface area contributed by atoms with E-state index in [1.165, 1.54) is 5.56 Å². The van der Waals surface area contributed by atoms with Gasteiger partial charge in [0.05, 0.1) is 5.00 Å². The van der Waals surface area contributed by atoms with Crippen LogP contribution >= 0.6 is 11.3 Å². The van der Waals surface area contributed by atoms with Crippen LogP contribution < -0.4 is 5.32 Å². The van der Waals surface area contributed by atoms with Gasteiger partial charge in [0.15, 0.2) is 0 Å². The van der Waals surface area contributed by atoms with E-state index in [2.05, 4.69) is 5.32 Å². The minimum atomic E-state index is 0.707. The number of carbonyl (C=O) groups is 1. The van der Waals surface area contributed by atoms with Gasteiger partial charge in [-0.2, -0.15) is 0 Å². The fourth-order valence-electron chi connectivity index (χ4n) is 0.699. The second-order valence-electron chi connectivity index (χ2n) is 2.14. The van der Waals surface area contributed by atoms with Crippen LogP contribution in [0.15, 0.2) is 5.38 Å². The van der Waals surface area contributed by atoms with Crippen molar-refractivity contribution in [3.8, 4) is 0 Å². The van der Waals surface area contributed by atoms with Gasteiger partial charge in [0.2, 0.25) is 6.41 Å². The maximum Gasteiger partial charge on any atom is 0.212 e. The lowest BCUT2D eigenvalue weighted by molar-refractivity contribution is -0.105. The summed E-state index contributed by atoms with van der Waals surface area (Å²) in [5, 5.41) is 5.61. The van der Waals surface area contributed by atoms with Gasteiger partial charge in [-0.3, -0.25) is 4.79 Å². The molecule has 54 valence electrons. The fourth-order valence-corrected chi connectivity index (χ4v) is 1.62. The standard InChI is InChI=1S/C7H9NOS/c1-5-3-10-7(6(5)2)8-4-9/h3-4H,1-2H3,(H,8,9). The van der Waals surface area contributed by atoms with E-state index in [1.54, 1.807) is 11.3 Å². The molecule has 0 fully saturated rings. The van der Waals surface area contributed by atoms with E-state index in [4.69, 9.17) is 0 Å². The maximum absolute atomic E-state index is 10.0. The Hall–Kier alpha value is -0.830. The normalized spacial score (nSPS) is 9.40. The van der Waals surface area contributed by atoms with Crippen LogP contribution in [0.2, 0.25) is 0 Å². The average molecular weight is 155 g/mol. The number of thiophene rings is 1. The predicted octanol–water partition coefficient (Wildman–Crippen LogP) is 1.93. The second-order valence-corrected chi connectivity index (χ2v) is 3.01. The van der Waals surface area contributed by atoms with Crippen LogP contribution in [0.1, 0.15) is 11.1 Å². The highest BCUT2D eigenvalue weighted by molar-refractivity contribution is 7.14. The minimum absolute atomic E-state index is 0.707. The summed E-state index contributed by atoms with van der Waals surface area (Å²) in [6.45, 7) is 4.03. The summed E-state index contributed by atoms with van der Waals surface area (Å²) in [6, 6.07) is 0. The van der Waals surface area contributed by atoms with E-state index >= 15 is 0 Å². The van der Waals surface area contributed by atoms with Crippen molar-refractivity contribution in [2.24, 2.45) is 0 Å². The first-order valence-electron chi connectivity index (χ1n) is 3.00. The van der Waals surface area contributed by atoms with Gasteiger partial charge in [-0.25, -0.2) is 0 Å². The van der Waals surface area contributed by atoms with Crippen molar-refractivity contribution in [1.82, 2.24) is 0 Å². The summed E-state index contributed by atoms with van der Waals surface area (Å²) in [5.41, 5.74) is 2.39. The van der Waals surface area contributed by atoms with E-state index in [0.717, 1.165) is 10.6 Å². The molecule has 1 N–H and O–H groups in total. The number of hydrogen-bond donors (Lipinski definition) is 1. The molecule has 1 amide bonds. The van der Waals surface area contributed by atoms with E-state index < -0.39 is 0 Å². The number of hydrogen-bond acceptors (Lipinski definition) is 2. The Morgan fingerprint density at radius 3 is 2.70 bits per heavy atom. The predicted molar refractivity (Wildman–Crippen MR) is 43.5 cm³/mol.